The number of aryl methyl sites for hydroxylation is 2. The molecule has 0 fully saturated rings. The average Bonchev–Trinajstić information content (AvgIpc) is 3.09. The highest BCUT2D eigenvalue weighted by molar-refractivity contribution is 7.84. The number of aliphatic hydroxyl groups is 1. The number of carbonyl (C=O) groups is 1. The van der Waals surface area contributed by atoms with E-state index in [1.54, 1.807) is 12.3 Å². The molecule has 2 N–H and O–H groups in total. The van der Waals surface area contributed by atoms with Gasteiger partial charge in [0.1, 0.15) is 11.7 Å². The molecule has 3 aromatic rings. The summed E-state index contributed by atoms with van der Waals surface area (Å²) in [5, 5.41) is 20.5. The lowest BCUT2D eigenvalue weighted by atomic mass is 9.72. The maximum atomic E-state index is 14.7. The van der Waals surface area contributed by atoms with E-state index in [4.69, 9.17) is 0 Å². The summed E-state index contributed by atoms with van der Waals surface area (Å²) in [6, 6.07) is 15.9. The monoisotopic (exact) mass is 546 g/mol. The molecule has 0 bridgehead atoms. The fourth-order valence-electron chi connectivity index (χ4n) is 5.97. The fourth-order valence-corrected chi connectivity index (χ4v) is 6.49. The Balaban J connectivity index is 2.00. The Labute approximate surface area is 232 Å². The van der Waals surface area contributed by atoms with Gasteiger partial charge in [0.25, 0.3) is 0 Å². The van der Waals surface area contributed by atoms with Gasteiger partial charge >= 0.3 is 5.97 Å². The molecule has 204 valence electrons. The van der Waals surface area contributed by atoms with E-state index >= 15 is 0 Å². The maximum absolute atomic E-state index is 14.7. The molecule has 0 aliphatic heterocycles. The molecule has 1 aliphatic rings. The number of aliphatic hydroxyl groups excluding tert-OH is 1. The van der Waals surface area contributed by atoms with Crippen LogP contribution in [-0.4, -0.2) is 33.3 Å². The Morgan fingerprint density at radius 3 is 2.28 bits per heavy atom. The summed E-state index contributed by atoms with van der Waals surface area (Å²) in [6.45, 7) is 9.83. The van der Waals surface area contributed by atoms with Gasteiger partial charge in [0.2, 0.25) is 0 Å². The summed E-state index contributed by atoms with van der Waals surface area (Å²) in [5.41, 5.74) is 7.39. The molecular weight excluding hydrogens is 511 g/mol. The van der Waals surface area contributed by atoms with Crippen molar-refractivity contribution in [2.24, 2.45) is 0 Å². The summed E-state index contributed by atoms with van der Waals surface area (Å²) in [6.07, 6.45) is 4.07. The Kier molecular flexibility index (Phi) is 8.10. The molecule has 0 heterocycles. The van der Waals surface area contributed by atoms with Crippen LogP contribution in [0.15, 0.2) is 65.1 Å². The van der Waals surface area contributed by atoms with Gasteiger partial charge in [0.05, 0.1) is 0 Å². The predicted molar refractivity (Wildman–Crippen MR) is 157 cm³/mol. The van der Waals surface area contributed by atoms with Crippen molar-refractivity contribution in [3.05, 3.63) is 105 Å². The summed E-state index contributed by atoms with van der Waals surface area (Å²) in [5.74, 6) is -2.48. The zero-order chi connectivity index (χ0) is 28.6. The van der Waals surface area contributed by atoms with Crippen LogP contribution in [-0.2, 0) is 21.0 Å². The highest BCUT2D eigenvalue weighted by Crippen LogP contribution is 2.50. The van der Waals surface area contributed by atoms with Crippen LogP contribution in [0, 0.1) is 19.7 Å². The molecule has 3 aromatic carbocycles. The number of hydrogen-bond donors (Lipinski definition) is 2. The van der Waals surface area contributed by atoms with Gasteiger partial charge in [-0.05, 0) is 113 Å². The molecule has 1 aliphatic carbocycles. The molecule has 2 unspecified atom stereocenters. The van der Waals surface area contributed by atoms with Crippen molar-refractivity contribution in [2.45, 2.75) is 57.3 Å². The highest BCUT2D eigenvalue weighted by Gasteiger charge is 2.38. The smallest absolute Gasteiger partial charge is 0.315 e. The maximum Gasteiger partial charge on any atom is 0.315 e. The first-order chi connectivity index (χ1) is 18.4. The quantitative estimate of drug-likeness (QED) is 0.318. The van der Waals surface area contributed by atoms with Crippen LogP contribution < -0.4 is 0 Å². The molecule has 0 radical (unpaired) electrons. The van der Waals surface area contributed by atoms with Gasteiger partial charge in [-0.1, -0.05) is 49.7 Å². The lowest BCUT2D eigenvalue weighted by Crippen LogP contribution is -2.26. The molecule has 6 heteroatoms. The Morgan fingerprint density at radius 2 is 1.69 bits per heavy atom. The normalized spacial score (nSPS) is 15.9. The number of allylic oxidation sites excluding steroid dienone is 2. The van der Waals surface area contributed by atoms with E-state index in [0.29, 0.717) is 23.1 Å². The predicted octanol–water partition coefficient (Wildman–Crippen LogP) is 7.04. The number of carboxylic acid groups (broad SMARTS) is 1. The lowest BCUT2D eigenvalue weighted by Gasteiger charge is -2.32. The second-order valence-corrected chi connectivity index (χ2v) is 12.4. The first-order valence-electron chi connectivity index (χ1n) is 13.0. The molecule has 39 heavy (non-hydrogen) atoms. The third-order valence-electron chi connectivity index (χ3n) is 7.66. The number of aliphatic carboxylic acids is 1. The third-order valence-corrected chi connectivity index (χ3v) is 8.60. The minimum absolute atomic E-state index is 0.0233. The van der Waals surface area contributed by atoms with Gasteiger partial charge in [-0.3, -0.25) is 9.00 Å². The second kappa shape index (κ2) is 11.0. The van der Waals surface area contributed by atoms with Crippen LogP contribution in [0.25, 0.3) is 17.2 Å². The van der Waals surface area contributed by atoms with Crippen LogP contribution in [0.4, 0.5) is 4.39 Å². The van der Waals surface area contributed by atoms with Gasteiger partial charge in [0, 0.05) is 28.6 Å². The van der Waals surface area contributed by atoms with Crippen LogP contribution in [0.5, 0.6) is 0 Å². The van der Waals surface area contributed by atoms with Crippen LogP contribution in [0.3, 0.4) is 0 Å². The van der Waals surface area contributed by atoms with E-state index in [0.717, 1.165) is 43.9 Å². The molecule has 0 saturated carbocycles. The Hall–Kier alpha value is -3.35. The van der Waals surface area contributed by atoms with Gasteiger partial charge in [-0.2, -0.15) is 0 Å². The fraction of sp³-hybridized carbons (Fsp3) is 0.303. The van der Waals surface area contributed by atoms with Crippen LogP contribution >= 0.6 is 0 Å². The molecule has 0 aromatic heterocycles. The standard InChI is InChI=1S/C33H35FO4S/c1-19-15-20(2)31(33(4,5)13-14-35)28(16-19)30(32(36)37)29-21(3)26(25-12-9-23(34)18-27(25)29)17-22-7-10-24(11-8-22)39(6)38/h7-12,15-18,30,35H,13-14H2,1-6H3,(H,36,37)/b26-17+. The summed E-state index contributed by atoms with van der Waals surface area (Å²) < 4.78 is 26.5. The number of halogens is 1. The van der Waals surface area contributed by atoms with Gasteiger partial charge in [-0.15, -0.1) is 0 Å². The molecule has 0 amide bonds. The minimum Gasteiger partial charge on any atom is -0.481 e. The second-order valence-electron chi connectivity index (χ2n) is 11.0. The van der Waals surface area contributed by atoms with E-state index in [1.807, 2.05) is 77.1 Å². The van der Waals surface area contributed by atoms with E-state index in [1.165, 1.54) is 12.1 Å². The van der Waals surface area contributed by atoms with E-state index < -0.39 is 33.9 Å². The van der Waals surface area contributed by atoms with Crippen molar-refractivity contribution >= 4 is 34.0 Å². The van der Waals surface area contributed by atoms with E-state index in [2.05, 4.69) is 0 Å². The zero-order valence-electron chi connectivity index (χ0n) is 23.3. The van der Waals surface area contributed by atoms with Crippen molar-refractivity contribution in [1.29, 1.82) is 0 Å². The first kappa shape index (κ1) is 28.7. The third kappa shape index (κ3) is 5.54. The molecule has 4 rings (SSSR count). The summed E-state index contributed by atoms with van der Waals surface area (Å²) in [4.78, 5) is 13.8. The highest BCUT2D eigenvalue weighted by atomic mass is 32.2. The van der Waals surface area contributed by atoms with Crippen molar-refractivity contribution in [2.75, 3.05) is 12.9 Å². The number of carboxylic acids is 1. The van der Waals surface area contributed by atoms with Crippen molar-refractivity contribution in [1.82, 2.24) is 0 Å². The molecule has 0 saturated heterocycles. The topological polar surface area (TPSA) is 74.6 Å². The largest absolute Gasteiger partial charge is 0.481 e. The van der Waals surface area contributed by atoms with Crippen molar-refractivity contribution in [3.8, 4) is 0 Å². The lowest BCUT2D eigenvalue weighted by molar-refractivity contribution is -0.137. The SMILES string of the molecule is CC1=C(C(C(=O)O)c2cc(C)cc(C)c2C(C)(C)CCO)c2cc(F)ccc2/C1=C/c1ccc(S(C)=O)cc1. The van der Waals surface area contributed by atoms with E-state index in [9.17, 15) is 23.6 Å². The average molecular weight is 547 g/mol. The minimum atomic E-state index is -1.09. The number of benzene rings is 3. The number of fused-ring (bicyclic) bond motifs is 1. The summed E-state index contributed by atoms with van der Waals surface area (Å²) >= 11 is 0. The molecule has 0 spiro atoms. The zero-order valence-corrected chi connectivity index (χ0v) is 24.1. The molecule has 2 atom stereocenters. The molecule has 4 nitrogen and oxygen atoms in total. The Morgan fingerprint density at radius 1 is 1.03 bits per heavy atom. The Bertz CT molecular complexity index is 1530. The van der Waals surface area contributed by atoms with Gasteiger partial charge in [0.15, 0.2) is 0 Å². The number of hydrogen-bond acceptors (Lipinski definition) is 3. The van der Waals surface area contributed by atoms with E-state index in [-0.39, 0.29) is 6.61 Å². The van der Waals surface area contributed by atoms with Gasteiger partial charge in [-0.25, -0.2) is 4.39 Å². The van der Waals surface area contributed by atoms with Crippen molar-refractivity contribution < 1.29 is 23.6 Å². The van der Waals surface area contributed by atoms with Gasteiger partial charge < -0.3 is 10.2 Å². The first-order valence-corrected chi connectivity index (χ1v) is 14.5. The van der Waals surface area contributed by atoms with Crippen molar-refractivity contribution in [3.63, 3.8) is 0 Å². The number of rotatable bonds is 8. The van der Waals surface area contributed by atoms with Crippen LogP contribution in [0.2, 0.25) is 0 Å². The van der Waals surface area contributed by atoms with Crippen LogP contribution in [0.1, 0.15) is 72.1 Å². The summed E-state index contributed by atoms with van der Waals surface area (Å²) in [7, 11) is -1.09. The molecular formula is C33H35FO4S.